The largest absolute Gasteiger partial charge is 1.00 e. The predicted molar refractivity (Wildman–Crippen MR) is 41.2 cm³/mol. The van der Waals surface area contributed by atoms with E-state index in [1.54, 1.807) is 0 Å². The van der Waals surface area contributed by atoms with Crippen molar-refractivity contribution in [1.82, 2.24) is 9.97 Å². The first-order valence-electron chi connectivity index (χ1n) is 2.28. The Balaban J connectivity index is -0.000000125. The summed E-state index contributed by atoms with van der Waals surface area (Å²) in [5.41, 5.74) is 5.03. The quantitative estimate of drug-likeness (QED) is 0.318. The van der Waals surface area contributed by atoms with Crippen molar-refractivity contribution < 1.29 is 54.9 Å². The van der Waals surface area contributed by atoms with Crippen LogP contribution in [-0.2, 0) is 10.1 Å². The molecule has 0 aliphatic rings. The number of nitrogens with two attached hydrogens (primary N) is 1. The van der Waals surface area contributed by atoms with Crippen LogP contribution in [0.5, 0.6) is 0 Å². The first kappa shape index (κ1) is 18.6. The fraction of sp³-hybridized carbons (Fsp3) is 0. The molecule has 8 N–H and O–H groups in total. The van der Waals surface area contributed by atoms with Gasteiger partial charge in [0.1, 0.15) is 0 Å². The summed E-state index contributed by atoms with van der Waals surface area (Å²) in [6.07, 6.45) is 0.935. The molecule has 0 aliphatic carbocycles. The molecule has 0 unspecified atom stereocenters. The van der Waals surface area contributed by atoms with Gasteiger partial charge in [-0.15, -0.1) is 0 Å². The third-order valence-electron chi connectivity index (χ3n) is 0.850. The van der Waals surface area contributed by atoms with E-state index in [4.69, 9.17) is 10.3 Å². The van der Waals surface area contributed by atoms with Gasteiger partial charge in [0, 0.05) is 0 Å². The van der Waals surface area contributed by atoms with Crippen LogP contribution in [-0.4, -0.2) is 33.9 Å². The van der Waals surface area contributed by atoms with Gasteiger partial charge < -0.3 is 23.1 Å². The summed E-state index contributed by atoms with van der Waals surface area (Å²) in [4.78, 5) is 5.51. The summed E-state index contributed by atoms with van der Waals surface area (Å²) in [5.74, 6) is -0.0485. The molecule has 0 spiro atoms. The minimum atomic E-state index is -4.18. The van der Waals surface area contributed by atoms with E-state index in [1.807, 2.05) is 0 Å². The Labute approximate surface area is 97.7 Å². The molecule has 10 heteroatoms. The zero-order chi connectivity index (χ0) is 7.78. The molecule has 0 aromatic carbocycles. The van der Waals surface area contributed by atoms with Crippen molar-refractivity contribution in [2.45, 2.75) is 5.03 Å². The molecule has 1 aromatic heterocycles. The number of aromatic amines is 1. The zero-order valence-corrected chi connectivity index (χ0v) is 9.59. The molecular formula is C3H10N3NaO5S. The van der Waals surface area contributed by atoms with Gasteiger partial charge >= 0.3 is 39.7 Å². The molecule has 1 heterocycles. The van der Waals surface area contributed by atoms with Crippen molar-refractivity contribution in [3.05, 3.63) is 6.20 Å². The molecule has 1 rings (SSSR count). The number of H-pyrrole nitrogens is 1. The standard InChI is InChI=1S/C3H5N3O3S.Na.2H2O.H/c4-3-5-1-2(6-3)10(7,8)9;;;;/h1H,(H3,4,5,6)(H,7,8,9);;2*1H2;/q;+1;;;-1. The molecule has 1 aromatic rings. The van der Waals surface area contributed by atoms with Crippen LogP contribution < -0.4 is 35.3 Å². The van der Waals surface area contributed by atoms with E-state index in [0.29, 0.717) is 0 Å². The Morgan fingerprint density at radius 1 is 1.54 bits per heavy atom. The Morgan fingerprint density at radius 2 is 2.00 bits per heavy atom. The van der Waals surface area contributed by atoms with E-state index in [1.165, 1.54) is 0 Å². The molecule has 0 bridgehead atoms. The van der Waals surface area contributed by atoms with E-state index in [9.17, 15) is 8.42 Å². The number of hydrogen-bond acceptors (Lipinski definition) is 4. The average molecular weight is 223 g/mol. The number of nitrogens with one attached hydrogen (secondary N) is 1. The number of rotatable bonds is 1. The summed E-state index contributed by atoms with van der Waals surface area (Å²) < 4.78 is 28.9. The van der Waals surface area contributed by atoms with Gasteiger partial charge in [0.15, 0.2) is 11.0 Å². The van der Waals surface area contributed by atoms with Crippen LogP contribution in [0, 0.1) is 0 Å². The maximum absolute atomic E-state index is 10.3. The number of hydrogen-bond donors (Lipinski definition) is 3. The first-order valence-corrected chi connectivity index (χ1v) is 3.72. The van der Waals surface area contributed by atoms with Crippen molar-refractivity contribution in [1.29, 1.82) is 0 Å². The summed E-state index contributed by atoms with van der Waals surface area (Å²) >= 11 is 0. The van der Waals surface area contributed by atoms with Crippen LogP contribution in [0.15, 0.2) is 11.2 Å². The van der Waals surface area contributed by atoms with Crippen LogP contribution in [0.25, 0.3) is 0 Å². The second-order valence-corrected chi connectivity index (χ2v) is 3.00. The molecule has 0 aliphatic heterocycles. The Kier molecular flexibility index (Phi) is 9.03. The van der Waals surface area contributed by atoms with Gasteiger partial charge in [0.05, 0.1) is 6.20 Å². The Bertz CT molecular complexity index is 340. The molecule has 0 saturated heterocycles. The fourth-order valence-corrected chi connectivity index (χ4v) is 0.869. The van der Waals surface area contributed by atoms with Crippen molar-refractivity contribution in [3.63, 3.8) is 0 Å². The van der Waals surface area contributed by atoms with Crippen LogP contribution in [0.3, 0.4) is 0 Å². The van der Waals surface area contributed by atoms with Gasteiger partial charge in [-0.1, -0.05) is 0 Å². The zero-order valence-electron chi connectivity index (χ0n) is 7.77. The van der Waals surface area contributed by atoms with Gasteiger partial charge in [0.25, 0.3) is 0 Å². The number of anilines is 1. The third-order valence-corrected chi connectivity index (χ3v) is 1.61. The molecule has 0 radical (unpaired) electrons. The average Bonchev–Trinajstić information content (AvgIpc) is 2.11. The molecule has 13 heavy (non-hydrogen) atoms. The number of aromatic nitrogens is 2. The number of nitrogens with zero attached hydrogens (tertiary/aromatic N) is 1. The van der Waals surface area contributed by atoms with Gasteiger partial charge in [-0.2, -0.15) is 8.42 Å². The molecule has 0 atom stereocenters. The van der Waals surface area contributed by atoms with Gasteiger partial charge in [-0.3, -0.25) is 4.55 Å². The molecule has 0 fully saturated rings. The molecule has 0 amide bonds. The van der Waals surface area contributed by atoms with Crippen molar-refractivity contribution >= 4 is 16.1 Å². The maximum atomic E-state index is 10.3. The summed E-state index contributed by atoms with van der Waals surface area (Å²) in [7, 11) is -4.18. The van der Waals surface area contributed by atoms with E-state index in [0.717, 1.165) is 6.20 Å². The summed E-state index contributed by atoms with van der Waals surface area (Å²) in [6.45, 7) is 0. The van der Waals surface area contributed by atoms with E-state index in [-0.39, 0.29) is 47.9 Å². The van der Waals surface area contributed by atoms with E-state index in [2.05, 4.69) is 9.97 Å². The predicted octanol–water partition coefficient (Wildman–Crippen LogP) is -5.29. The van der Waals surface area contributed by atoms with Crippen molar-refractivity contribution in [3.8, 4) is 0 Å². The minimum absolute atomic E-state index is 0. The Morgan fingerprint density at radius 3 is 2.15 bits per heavy atom. The third kappa shape index (κ3) is 5.21. The van der Waals surface area contributed by atoms with E-state index >= 15 is 0 Å². The van der Waals surface area contributed by atoms with Crippen LogP contribution >= 0.6 is 0 Å². The van der Waals surface area contributed by atoms with Crippen molar-refractivity contribution in [2.75, 3.05) is 5.73 Å². The molecule has 74 valence electrons. The summed E-state index contributed by atoms with van der Waals surface area (Å²) in [5, 5.41) is -0.398. The first-order chi connectivity index (χ1) is 4.50. The van der Waals surface area contributed by atoms with Crippen molar-refractivity contribution in [2.24, 2.45) is 0 Å². The number of nitrogen functional groups attached to an aromatic ring is 1. The van der Waals surface area contributed by atoms with Gasteiger partial charge in [-0.05, 0) is 0 Å². The van der Waals surface area contributed by atoms with Crippen LogP contribution in [0.4, 0.5) is 5.95 Å². The maximum Gasteiger partial charge on any atom is 1.00 e. The topological polar surface area (TPSA) is 172 Å². The summed E-state index contributed by atoms with van der Waals surface area (Å²) in [6, 6.07) is 0. The normalized spacial score (nSPS) is 9.00. The minimum Gasteiger partial charge on any atom is -1.00 e. The second-order valence-electron chi connectivity index (χ2n) is 1.61. The van der Waals surface area contributed by atoms with Gasteiger partial charge in [-0.25, -0.2) is 4.98 Å². The Hall–Kier alpha value is -0.160. The van der Waals surface area contributed by atoms with Crippen LogP contribution in [0.2, 0.25) is 0 Å². The monoisotopic (exact) mass is 223 g/mol. The smallest absolute Gasteiger partial charge is 1.00 e. The SMILES string of the molecule is Nc1ncc(S(=O)(=O)O)[nH]1.O.O.[H-].[Na+]. The molecule has 0 saturated carbocycles. The van der Waals surface area contributed by atoms with Gasteiger partial charge in [0.2, 0.25) is 0 Å². The molecule has 8 nitrogen and oxygen atoms in total. The number of imidazole rings is 1. The molecular weight excluding hydrogens is 213 g/mol. The van der Waals surface area contributed by atoms with Crippen LogP contribution in [0.1, 0.15) is 1.43 Å². The second kappa shape index (κ2) is 6.32. The van der Waals surface area contributed by atoms with E-state index < -0.39 is 15.1 Å². The fourth-order valence-electron chi connectivity index (χ4n) is 0.450.